The molecule has 1 saturated heterocycles. The number of nitrogens with one attached hydrogen (secondary N) is 2. The third-order valence-corrected chi connectivity index (χ3v) is 8.41. The normalized spacial score (nSPS) is 14.9. The van der Waals surface area contributed by atoms with E-state index in [4.69, 9.17) is 4.74 Å². The van der Waals surface area contributed by atoms with E-state index >= 15 is 0 Å². The maximum atomic E-state index is 13.5. The molecule has 43 heavy (non-hydrogen) atoms. The van der Waals surface area contributed by atoms with Crippen LogP contribution >= 0.6 is 34.4 Å². The van der Waals surface area contributed by atoms with E-state index in [-0.39, 0.29) is 23.9 Å². The number of halogens is 1. The third kappa shape index (κ3) is 7.51. The molecule has 1 aliphatic heterocycles. The van der Waals surface area contributed by atoms with Crippen LogP contribution in [-0.2, 0) is 14.4 Å². The zero-order chi connectivity index (χ0) is 30.3. The number of hydrogen-bond donors (Lipinski definition) is 2. The first-order valence-corrected chi connectivity index (χ1v) is 15.2. The Morgan fingerprint density at radius 1 is 0.930 bits per heavy atom. The number of imide groups is 1. The Morgan fingerprint density at radius 3 is 2.35 bits per heavy atom. The number of hydrogen-bond acceptors (Lipinski definition) is 6. The largest absolute Gasteiger partial charge is 0.497 e. The van der Waals surface area contributed by atoms with Crippen molar-refractivity contribution in [1.29, 1.82) is 0 Å². The van der Waals surface area contributed by atoms with Crippen LogP contribution in [0.25, 0.3) is 6.08 Å². The summed E-state index contributed by atoms with van der Waals surface area (Å²) < 4.78 is 6.22. The van der Waals surface area contributed by atoms with Crippen molar-refractivity contribution in [3.05, 3.63) is 124 Å². The summed E-state index contributed by atoms with van der Waals surface area (Å²) in [6.45, 7) is 0. The molecule has 2 N–H and O–H groups in total. The van der Waals surface area contributed by atoms with Gasteiger partial charge in [0.05, 0.1) is 18.0 Å². The molecule has 10 heteroatoms. The standard InChI is InChI=1S/C33H26IN3O5S/c1-42-26-16-10-21(11-17-26)18-28(36-31(39)22-6-3-2-4-7-22)32(40)35-24-8-5-9-27(19-24)43-29-20-30(38)37(33(29)41)25-14-12-23(34)13-15-25/h2-19,29H,20H2,1H3,(H,35,40)(H,36,39)/b28-18-. The summed E-state index contributed by atoms with van der Waals surface area (Å²) in [6.07, 6.45) is 1.66. The fraction of sp³-hybridized carbons (Fsp3) is 0.0909. The number of benzene rings is 4. The first kappa shape index (κ1) is 30.1. The summed E-state index contributed by atoms with van der Waals surface area (Å²) in [7, 11) is 1.57. The lowest BCUT2D eigenvalue weighted by molar-refractivity contribution is -0.121. The molecule has 1 heterocycles. The number of carbonyl (C=O) groups excluding carboxylic acids is 4. The summed E-state index contributed by atoms with van der Waals surface area (Å²) in [4.78, 5) is 54.2. The van der Waals surface area contributed by atoms with Gasteiger partial charge in [-0.1, -0.05) is 36.4 Å². The van der Waals surface area contributed by atoms with Crippen LogP contribution in [0.3, 0.4) is 0 Å². The van der Waals surface area contributed by atoms with Gasteiger partial charge in [0.15, 0.2) is 0 Å². The van der Waals surface area contributed by atoms with Gasteiger partial charge < -0.3 is 15.4 Å². The molecule has 4 amide bonds. The lowest BCUT2D eigenvalue weighted by atomic mass is 10.1. The maximum Gasteiger partial charge on any atom is 0.272 e. The predicted molar refractivity (Wildman–Crippen MR) is 176 cm³/mol. The van der Waals surface area contributed by atoms with Gasteiger partial charge in [0, 0.05) is 26.1 Å². The molecule has 216 valence electrons. The average Bonchev–Trinajstić information content (AvgIpc) is 3.30. The van der Waals surface area contributed by atoms with Crippen LogP contribution in [-0.4, -0.2) is 36.0 Å². The molecule has 0 aliphatic carbocycles. The molecule has 0 radical (unpaired) electrons. The molecule has 1 aliphatic rings. The highest BCUT2D eigenvalue weighted by molar-refractivity contribution is 14.1. The average molecular weight is 704 g/mol. The Hall–Kier alpha value is -4.42. The van der Waals surface area contributed by atoms with Gasteiger partial charge in [-0.2, -0.15) is 0 Å². The van der Waals surface area contributed by atoms with Crippen LogP contribution in [0.1, 0.15) is 22.3 Å². The number of thioether (sulfide) groups is 1. The zero-order valence-electron chi connectivity index (χ0n) is 23.0. The van der Waals surface area contributed by atoms with Crippen molar-refractivity contribution in [2.45, 2.75) is 16.6 Å². The molecule has 0 bridgehead atoms. The van der Waals surface area contributed by atoms with Gasteiger partial charge in [0.1, 0.15) is 11.4 Å². The van der Waals surface area contributed by atoms with Gasteiger partial charge in [-0.05, 0) is 101 Å². The maximum absolute atomic E-state index is 13.5. The summed E-state index contributed by atoms with van der Waals surface area (Å²) in [5.74, 6) is -0.828. The second-order valence-corrected chi connectivity index (χ2v) is 12.0. The molecule has 4 aromatic carbocycles. The first-order valence-electron chi connectivity index (χ1n) is 13.2. The van der Waals surface area contributed by atoms with Gasteiger partial charge >= 0.3 is 0 Å². The highest BCUT2D eigenvalue weighted by Crippen LogP contribution is 2.35. The Bertz CT molecular complexity index is 1690. The van der Waals surface area contributed by atoms with Crippen LogP contribution in [0.5, 0.6) is 5.75 Å². The molecule has 0 aromatic heterocycles. The number of amides is 4. The minimum atomic E-state index is -0.589. The first-order chi connectivity index (χ1) is 20.8. The monoisotopic (exact) mass is 703 g/mol. The van der Waals surface area contributed by atoms with Gasteiger partial charge in [0.25, 0.3) is 11.8 Å². The summed E-state index contributed by atoms with van der Waals surface area (Å²) >= 11 is 3.44. The van der Waals surface area contributed by atoms with Crippen molar-refractivity contribution in [1.82, 2.24) is 5.32 Å². The van der Waals surface area contributed by atoms with Crippen LogP contribution < -0.4 is 20.3 Å². The summed E-state index contributed by atoms with van der Waals surface area (Å²) in [5.41, 5.74) is 2.15. The van der Waals surface area contributed by atoms with E-state index in [0.29, 0.717) is 33.1 Å². The number of rotatable bonds is 9. The lowest BCUT2D eigenvalue weighted by Crippen LogP contribution is -2.31. The van der Waals surface area contributed by atoms with Gasteiger partial charge in [-0.3, -0.25) is 19.2 Å². The molecular formula is C33H26IN3O5S. The number of nitrogens with zero attached hydrogens (tertiary/aromatic N) is 1. The fourth-order valence-electron chi connectivity index (χ4n) is 4.38. The Kier molecular flexibility index (Phi) is 9.58. The molecule has 4 aromatic rings. The number of ether oxygens (including phenoxy) is 1. The van der Waals surface area contributed by atoms with E-state index in [0.717, 1.165) is 3.57 Å². The van der Waals surface area contributed by atoms with Crippen LogP contribution in [0.15, 0.2) is 114 Å². The minimum absolute atomic E-state index is 0.0433. The SMILES string of the molecule is COc1ccc(/C=C(\NC(=O)c2ccccc2)C(=O)Nc2cccc(SC3CC(=O)N(c4ccc(I)cc4)C3=O)c2)cc1. The number of carbonyl (C=O) groups is 4. The van der Waals surface area contributed by atoms with Crippen molar-refractivity contribution < 1.29 is 23.9 Å². The Labute approximate surface area is 266 Å². The summed E-state index contributed by atoms with van der Waals surface area (Å²) in [6, 6.07) is 29.9. The lowest BCUT2D eigenvalue weighted by Gasteiger charge is -2.15. The topological polar surface area (TPSA) is 105 Å². The molecular weight excluding hydrogens is 677 g/mol. The van der Waals surface area contributed by atoms with E-state index < -0.39 is 17.1 Å². The molecule has 0 spiro atoms. The minimum Gasteiger partial charge on any atom is -0.497 e. The molecule has 1 unspecified atom stereocenters. The fourth-order valence-corrected chi connectivity index (χ4v) is 5.85. The smallest absolute Gasteiger partial charge is 0.272 e. The molecule has 1 fully saturated rings. The Balaban J connectivity index is 1.32. The second-order valence-electron chi connectivity index (χ2n) is 9.49. The third-order valence-electron chi connectivity index (χ3n) is 6.52. The summed E-state index contributed by atoms with van der Waals surface area (Å²) in [5, 5.41) is 4.98. The predicted octanol–water partition coefficient (Wildman–Crippen LogP) is 6.13. The van der Waals surface area contributed by atoms with Crippen molar-refractivity contribution in [3.8, 4) is 5.75 Å². The number of methoxy groups -OCH3 is 1. The van der Waals surface area contributed by atoms with Gasteiger partial charge in [-0.15, -0.1) is 11.8 Å². The number of anilines is 2. The molecule has 1 atom stereocenters. The van der Waals surface area contributed by atoms with Gasteiger partial charge in [-0.25, -0.2) is 4.90 Å². The van der Waals surface area contributed by atoms with E-state index in [1.807, 2.05) is 18.2 Å². The Morgan fingerprint density at radius 2 is 1.65 bits per heavy atom. The van der Waals surface area contributed by atoms with Crippen molar-refractivity contribution in [2.75, 3.05) is 17.3 Å². The van der Waals surface area contributed by atoms with E-state index in [2.05, 4.69) is 33.2 Å². The van der Waals surface area contributed by atoms with Gasteiger partial charge in [0.2, 0.25) is 11.8 Å². The van der Waals surface area contributed by atoms with E-state index in [9.17, 15) is 19.2 Å². The molecule has 0 saturated carbocycles. The van der Waals surface area contributed by atoms with E-state index in [1.54, 1.807) is 98.1 Å². The second kappa shape index (κ2) is 13.7. The van der Waals surface area contributed by atoms with Crippen LogP contribution in [0.4, 0.5) is 11.4 Å². The van der Waals surface area contributed by atoms with Crippen molar-refractivity contribution in [2.24, 2.45) is 0 Å². The van der Waals surface area contributed by atoms with Crippen molar-refractivity contribution >= 4 is 75.4 Å². The molecule has 5 rings (SSSR count). The highest BCUT2D eigenvalue weighted by Gasteiger charge is 2.40. The van der Waals surface area contributed by atoms with Crippen LogP contribution in [0.2, 0.25) is 0 Å². The quantitative estimate of drug-likeness (QED) is 0.124. The van der Waals surface area contributed by atoms with Crippen LogP contribution in [0, 0.1) is 3.57 Å². The highest BCUT2D eigenvalue weighted by atomic mass is 127. The van der Waals surface area contributed by atoms with Crippen molar-refractivity contribution in [3.63, 3.8) is 0 Å². The zero-order valence-corrected chi connectivity index (χ0v) is 25.9. The van der Waals surface area contributed by atoms with E-state index in [1.165, 1.54) is 16.7 Å². The molecule has 8 nitrogen and oxygen atoms in total.